The van der Waals surface area contributed by atoms with Crippen molar-refractivity contribution in [2.45, 2.75) is 18.9 Å². The molecule has 2 rings (SSSR count). The molecule has 1 unspecified atom stereocenters. The molecule has 1 aliphatic rings. The van der Waals surface area contributed by atoms with Gasteiger partial charge in [-0.05, 0) is 24.6 Å². The summed E-state index contributed by atoms with van der Waals surface area (Å²) in [5.74, 6) is -0.193. The molecule has 0 aromatic heterocycles. The predicted octanol–water partition coefficient (Wildman–Crippen LogP) is 2.46. The quantitative estimate of drug-likeness (QED) is 0.622. The number of halogens is 1. The van der Waals surface area contributed by atoms with Gasteiger partial charge in [-0.3, -0.25) is 0 Å². The smallest absolute Gasteiger partial charge is 0.123 e. The van der Waals surface area contributed by atoms with Crippen molar-refractivity contribution in [1.29, 1.82) is 0 Å². The molecule has 64 valence electrons. The normalized spacial score (nSPS) is 28.2. The van der Waals surface area contributed by atoms with E-state index in [-0.39, 0.29) is 11.4 Å². The van der Waals surface area contributed by atoms with E-state index in [2.05, 4.69) is 0 Å². The zero-order chi connectivity index (χ0) is 8.60. The summed E-state index contributed by atoms with van der Waals surface area (Å²) >= 11 is 0. The largest absolute Gasteiger partial charge is 0.370 e. The standard InChI is InChI=1S/C10H11FO/c1-10(6-7-12-10)8-2-4-9(11)5-3-8/h2-5H,6-7H2,1H3. The average molecular weight is 166 g/mol. The Bertz CT molecular complexity index is 274. The lowest BCUT2D eigenvalue weighted by Crippen LogP contribution is -2.37. The summed E-state index contributed by atoms with van der Waals surface area (Å²) in [4.78, 5) is 0. The molecule has 1 saturated heterocycles. The van der Waals surface area contributed by atoms with E-state index in [9.17, 15) is 4.39 Å². The van der Waals surface area contributed by atoms with Crippen LogP contribution in [0.2, 0.25) is 0 Å². The highest BCUT2D eigenvalue weighted by Crippen LogP contribution is 2.36. The molecule has 1 aliphatic heterocycles. The first-order valence-electron chi connectivity index (χ1n) is 4.11. The first kappa shape index (κ1) is 7.74. The van der Waals surface area contributed by atoms with E-state index in [1.807, 2.05) is 6.92 Å². The zero-order valence-corrected chi connectivity index (χ0v) is 7.01. The van der Waals surface area contributed by atoms with Crippen molar-refractivity contribution in [1.82, 2.24) is 0 Å². The molecule has 0 N–H and O–H groups in total. The van der Waals surface area contributed by atoms with Gasteiger partial charge in [0.05, 0.1) is 12.2 Å². The minimum Gasteiger partial charge on any atom is -0.370 e. The first-order valence-corrected chi connectivity index (χ1v) is 4.11. The van der Waals surface area contributed by atoms with Gasteiger partial charge in [0.2, 0.25) is 0 Å². The summed E-state index contributed by atoms with van der Waals surface area (Å²) in [5, 5.41) is 0. The summed E-state index contributed by atoms with van der Waals surface area (Å²) in [5.41, 5.74) is 0.906. The molecule has 1 atom stereocenters. The highest BCUT2D eigenvalue weighted by atomic mass is 19.1. The van der Waals surface area contributed by atoms with Gasteiger partial charge >= 0.3 is 0 Å². The summed E-state index contributed by atoms with van der Waals surface area (Å²) in [6, 6.07) is 6.52. The molecule has 2 heteroatoms. The van der Waals surface area contributed by atoms with Crippen LogP contribution in [0.3, 0.4) is 0 Å². The predicted molar refractivity (Wildman–Crippen MR) is 44.3 cm³/mol. The molecule has 1 heterocycles. The molecule has 0 aliphatic carbocycles. The maximum absolute atomic E-state index is 12.6. The number of ether oxygens (including phenoxy) is 1. The van der Waals surface area contributed by atoms with E-state index in [1.54, 1.807) is 12.1 Å². The molecule has 1 fully saturated rings. The molecular weight excluding hydrogens is 155 g/mol. The van der Waals surface area contributed by atoms with Crippen molar-refractivity contribution in [2.75, 3.05) is 6.61 Å². The van der Waals surface area contributed by atoms with Crippen molar-refractivity contribution < 1.29 is 9.13 Å². The summed E-state index contributed by atoms with van der Waals surface area (Å²) in [6.07, 6.45) is 1.03. The zero-order valence-electron chi connectivity index (χ0n) is 7.01. The molecule has 0 bridgehead atoms. The van der Waals surface area contributed by atoms with Crippen LogP contribution in [0, 0.1) is 5.82 Å². The SMILES string of the molecule is CC1(c2ccc(F)cc2)CCO1. The van der Waals surface area contributed by atoms with Crippen LogP contribution in [0.4, 0.5) is 4.39 Å². The van der Waals surface area contributed by atoms with Crippen molar-refractivity contribution in [3.63, 3.8) is 0 Å². The van der Waals surface area contributed by atoms with Crippen molar-refractivity contribution >= 4 is 0 Å². The Morgan fingerprint density at radius 3 is 2.33 bits per heavy atom. The van der Waals surface area contributed by atoms with Gasteiger partial charge in [-0.2, -0.15) is 0 Å². The molecule has 0 amide bonds. The first-order chi connectivity index (χ1) is 5.71. The number of rotatable bonds is 1. The lowest BCUT2D eigenvalue weighted by molar-refractivity contribution is -0.140. The molecule has 0 radical (unpaired) electrons. The van der Waals surface area contributed by atoms with Crippen molar-refractivity contribution in [2.24, 2.45) is 0 Å². The van der Waals surface area contributed by atoms with Gasteiger partial charge < -0.3 is 4.74 Å². The van der Waals surface area contributed by atoms with Crippen molar-refractivity contribution in [3.05, 3.63) is 35.6 Å². The van der Waals surface area contributed by atoms with E-state index >= 15 is 0 Å². The summed E-state index contributed by atoms with van der Waals surface area (Å²) in [7, 11) is 0. The molecule has 0 saturated carbocycles. The fourth-order valence-corrected chi connectivity index (χ4v) is 1.44. The minimum absolute atomic E-state index is 0.159. The van der Waals surface area contributed by atoms with Gasteiger partial charge in [0.25, 0.3) is 0 Å². The second-order valence-electron chi connectivity index (χ2n) is 3.34. The summed E-state index contributed by atoms with van der Waals surface area (Å²) < 4.78 is 18.0. The topological polar surface area (TPSA) is 9.23 Å². The Balaban J connectivity index is 2.28. The number of benzene rings is 1. The molecule has 0 spiro atoms. The van der Waals surface area contributed by atoms with Gasteiger partial charge in [-0.1, -0.05) is 12.1 Å². The molecular formula is C10H11FO. The molecule has 12 heavy (non-hydrogen) atoms. The van der Waals surface area contributed by atoms with Crippen LogP contribution in [0.1, 0.15) is 18.9 Å². The van der Waals surface area contributed by atoms with E-state index < -0.39 is 0 Å². The van der Waals surface area contributed by atoms with Crippen molar-refractivity contribution in [3.8, 4) is 0 Å². The summed E-state index contributed by atoms with van der Waals surface area (Å²) in [6.45, 7) is 2.84. The van der Waals surface area contributed by atoms with E-state index in [1.165, 1.54) is 12.1 Å². The van der Waals surface area contributed by atoms with Crippen LogP contribution >= 0.6 is 0 Å². The monoisotopic (exact) mass is 166 g/mol. The molecule has 1 aromatic carbocycles. The highest BCUT2D eigenvalue weighted by Gasteiger charge is 2.34. The fraction of sp³-hybridized carbons (Fsp3) is 0.400. The maximum Gasteiger partial charge on any atom is 0.123 e. The van der Waals surface area contributed by atoms with Crippen LogP contribution in [-0.4, -0.2) is 6.61 Å². The Hall–Kier alpha value is -0.890. The Labute approximate surface area is 71.2 Å². The number of hydrogen-bond donors (Lipinski definition) is 0. The minimum atomic E-state index is -0.193. The van der Waals surface area contributed by atoms with Gasteiger partial charge in [0.1, 0.15) is 5.82 Å². The van der Waals surface area contributed by atoms with Crippen LogP contribution in [-0.2, 0) is 10.3 Å². The lowest BCUT2D eigenvalue weighted by Gasteiger charge is -2.39. The van der Waals surface area contributed by atoms with Crippen LogP contribution in [0.15, 0.2) is 24.3 Å². The van der Waals surface area contributed by atoms with Gasteiger partial charge in [-0.15, -0.1) is 0 Å². The molecule has 1 nitrogen and oxygen atoms in total. The maximum atomic E-state index is 12.6. The van der Waals surface area contributed by atoms with E-state index in [4.69, 9.17) is 4.74 Å². The third kappa shape index (κ3) is 1.12. The molecule has 1 aromatic rings. The fourth-order valence-electron chi connectivity index (χ4n) is 1.44. The van der Waals surface area contributed by atoms with Crippen LogP contribution in [0.25, 0.3) is 0 Å². The lowest BCUT2D eigenvalue weighted by atomic mass is 9.89. The second kappa shape index (κ2) is 2.56. The third-order valence-corrected chi connectivity index (χ3v) is 2.45. The Morgan fingerprint density at radius 1 is 1.33 bits per heavy atom. The number of hydrogen-bond acceptors (Lipinski definition) is 1. The van der Waals surface area contributed by atoms with Gasteiger partial charge in [0, 0.05) is 6.42 Å². The van der Waals surface area contributed by atoms with Gasteiger partial charge in [-0.25, -0.2) is 4.39 Å². The van der Waals surface area contributed by atoms with E-state index in [0.717, 1.165) is 18.6 Å². The highest BCUT2D eigenvalue weighted by molar-refractivity contribution is 5.23. The van der Waals surface area contributed by atoms with Crippen LogP contribution in [0.5, 0.6) is 0 Å². The van der Waals surface area contributed by atoms with Gasteiger partial charge in [0.15, 0.2) is 0 Å². The van der Waals surface area contributed by atoms with Crippen LogP contribution < -0.4 is 0 Å². The van der Waals surface area contributed by atoms with E-state index in [0.29, 0.717) is 0 Å². The third-order valence-electron chi connectivity index (χ3n) is 2.45. The Morgan fingerprint density at radius 2 is 1.92 bits per heavy atom. The average Bonchev–Trinajstić information content (AvgIpc) is 2.02. The second-order valence-corrected chi connectivity index (χ2v) is 3.34. The Kier molecular flexibility index (Phi) is 1.65.